The molecule has 0 fully saturated rings. The molecule has 8 aromatic carbocycles. The van der Waals surface area contributed by atoms with Crippen molar-refractivity contribution in [1.82, 2.24) is 9.13 Å². The second-order valence-corrected chi connectivity index (χ2v) is 35.2. The lowest BCUT2D eigenvalue weighted by molar-refractivity contribution is 0.283. The average Bonchev–Trinajstić information content (AvgIpc) is 1.55. The van der Waals surface area contributed by atoms with Crippen LogP contribution in [-0.4, -0.2) is 19.3 Å². The van der Waals surface area contributed by atoms with Gasteiger partial charge in [0, 0.05) is 32.7 Å². The number of phenols is 2. The maximum absolute atomic E-state index is 16.3. The summed E-state index contributed by atoms with van der Waals surface area (Å²) >= 11 is 0. The van der Waals surface area contributed by atoms with Gasteiger partial charge in [-0.2, -0.15) is 0 Å². The first kappa shape index (κ1) is 67.7. The molecule has 0 aliphatic rings. The number of fused-ring (bicyclic) bond motifs is 6. The molecule has 0 saturated carbocycles. The third-order valence-corrected chi connectivity index (χ3v) is 19.6. The summed E-state index contributed by atoms with van der Waals surface area (Å²) in [5, 5.41) is 31.0. The molecule has 10 rings (SSSR count). The molecule has 0 aliphatic heterocycles. The van der Waals surface area contributed by atoms with E-state index >= 15 is 8.78 Å². The molecule has 2 N–H and O–H groups in total. The van der Waals surface area contributed by atoms with Gasteiger partial charge in [-0.25, -0.2) is 8.78 Å². The van der Waals surface area contributed by atoms with Crippen LogP contribution >= 0.6 is 0 Å². The molecule has 0 bridgehead atoms. The van der Waals surface area contributed by atoms with Crippen LogP contribution in [0.4, 0.5) is 8.78 Å². The number of aromatic hydroxyl groups is 2. The van der Waals surface area contributed by atoms with E-state index in [1.807, 2.05) is 13.0 Å². The molecule has 6 heteroatoms. The lowest BCUT2D eigenvalue weighted by Crippen LogP contribution is -2.25. The fourth-order valence-electron chi connectivity index (χ4n) is 15.2. The van der Waals surface area contributed by atoms with E-state index in [0.29, 0.717) is 46.5 Å². The fraction of sp³-hybridized carbons (Fsp3) is 0.442. The topological polar surface area (TPSA) is 50.3 Å². The van der Waals surface area contributed by atoms with Gasteiger partial charge in [0.2, 0.25) is 0 Å². The van der Waals surface area contributed by atoms with E-state index < -0.39 is 0 Å². The zero-order valence-electron chi connectivity index (χ0n) is 60.1. The standard InChI is InChI=1S/C86H106F2N2O2/c1-52-39-61(88)49-68(70-41-59(86(22,23)51-80(5,6)7)47-76(78(70)92)90-73-44-56(83(14,15)16)32-37-65(73)66-38-33-57(45-74(66)90)84(17,18)19)62(52)28-26-24-25-27-53-29-34-60(87)48-67(53)69-40-58(85(20,21)50-79(2,3)4)46-75(77(69)91)89-71-42-54(81(8,9)10)30-35-63(71)64-36-31-55(43-72(64)89)82(11,12)13/h29-49,91-92H,24-28,50-51H2,1-23H3. The lowest BCUT2D eigenvalue weighted by atomic mass is 9.71. The van der Waals surface area contributed by atoms with Crippen LogP contribution in [-0.2, 0) is 45.3 Å². The Morgan fingerprint density at radius 3 is 1.04 bits per heavy atom. The largest absolute Gasteiger partial charge is 0.505 e. The summed E-state index contributed by atoms with van der Waals surface area (Å²) in [6, 6.07) is 44.1. The summed E-state index contributed by atoms with van der Waals surface area (Å²) in [5.74, 6) is -0.458. The van der Waals surface area contributed by atoms with E-state index in [1.165, 1.54) is 22.3 Å². The molecule has 486 valence electrons. The van der Waals surface area contributed by atoms with Crippen molar-refractivity contribution in [2.75, 3.05) is 0 Å². The smallest absolute Gasteiger partial charge is 0.147 e. The van der Waals surface area contributed by atoms with Gasteiger partial charge in [0.05, 0.1) is 33.4 Å². The lowest BCUT2D eigenvalue weighted by Gasteiger charge is -2.34. The van der Waals surface area contributed by atoms with Crippen LogP contribution in [0, 0.1) is 29.4 Å². The molecule has 0 amide bonds. The molecular weight excluding hydrogens is 1130 g/mol. The minimum Gasteiger partial charge on any atom is -0.505 e. The van der Waals surface area contributed by atoms with Crippen molar-refractivity contribution >= 4 is 43.6 Å². The monoisotopic (exact) mass is 1240 g/mol. The predicted molar refractivity (Wildman–Crippen MR) is 391 cm³/mol. The molecule has 10 aromatic rings. The van der Waals surface area contributed by atoms with Gasteiger partial charge in [0.25, 0.3) is 0 Å². The van der Waals surface area contributed by atoms with E-state index in [-0.39, 0.29) is 66.5 Å². The van der Waals surface area contributed by atoms with Crippen LogP contribution in [0.1, 0.15) is 234 Å². The van der Waals surface area contributed by atoms with Crippen molar-refractivity contribution in [2.24, 2.45) is 10.8 Å². The van der Waals surface area contributed by atoms with E-state index in [4.69, 9.17) is 0 Å². The molecule has 0 atom stereocenters. The van der Waals surface area contributed by atoms with E-state index in [2.05, 4.69) is 259 Å². The minimum atomic E-state index is -0.357. The van der Waals surface area contributed by atoms with Crippen molar-refractivity contribution in [1.29, 1.82) is 0 Å². The van der Waals surface area contributed by atoms with Gasteiger partial charge in [0.15, 0.2) is 0 Å². The van der Waals surface area contributed by atoms with E-state index in [0.717, 1.165) is 104 Å². The normalized spacial score (nSPS) is 13.4. The maximum Gasteiger partial charge on any atom is 0.147 e. The highest BCUT2D eigenvalue weighted by molar-refractivity contribution is 6.11. The minimum absolute atomic E-state index is 0.00759. The summed E-state index contributed by atoms with van der Waals surface area (Å²) in [4.78, 5) is 0. The number of rotatable bonds is 14. The highest BCUT2D eigenvalue weighted by Gasteiger charge is 2.34. The first-order valence-electron chi connectivity index (χ1n) is 33.9. The number of unbranched alkanes of at least 4 members (excludes halogenated alkanes) is 2. The summed E-state index contributed by atoms with van der Waals surface area (Å²) in [6.45, 7) is 51.7. The van der Waals surface area contributed by atoms with Crippen LogP contribution < -0.4 is 0 Å². The molecule has 4 nitrogen and oxygen atoms in total. The number of nitrogens with zero attached hydrogens (tertiary/aromatic N) is 2. The van der Waals surface area contributed by atoms with Crippen molar-refractivity contribution in [3.8, 4) is 45.1 Å². The van der Waals surface area contributed by atoms with Gasteiger partial charge in [-0.15, -0.1) is 0 Å². The number of hydrogen-bond acceptors (Lipinski definition) is 2. The Labute approximate surface area is 550 Å². The fourth-order valence-corrected chi connectivity index (χ4v) is 15.2. The quantitative estimate of drug-likeness (QED) is 0.107. The zero-order valence-corrected chi connectivity index (χ0v) is 60.1. The van der Waals surface area contributed by atoms with Gasteiger partial charge < -0.3 is 19.3 Å². The van der Waals surface area contributed by atoms with Gasteiger partial charge in [0.1, 0.15) is 23.1 Å². The summed E-state index contributed by atoms with van der Waals surface area (Å²) in [7, 11) is 0. The van der Waals surface area contributed by atoms with Gasteiger partial charge in [-0.1, -0.05) is 213 Å². The Bertz CT molecular complexity index is 4330. The first-order chi connectivity index (χ1) is 42.4. The summed E-state index contributed by atoms with van der Waals surface area (Å²) in [6.07, 6.45) is 5.48. The molecule has 2 heterocycles. The van der Waals surface area contributed by atoms with Crippen molar-refractivity contribution in [2.45, 2.75) is 237 Å². The molecular formula is C86H106F2N2O2. The number of phenolic OH excluding ortho intramolecular Hbond substituents is 2. The second-order valence-electron chi connectivity index (χ2n) is 35.2. The predicted octanol–water partition coefficient (Wildman–Crippen LogP) is 24.8. The Kier molecular flexibility index (Phi) is 17.4. The molecule has 0 unspecified atom stereocenters. The van der Waals surface area contributed by atoms with Crippen molar-refractivity contribution in [3.63, 3.8) is 0 Å². The zero-order chi connectivity index (χ0) is 67.5. The Hall–Kier alpha value is -7.18. The first-order valence-corrected chi connectivity index (χ1v) is 33.9. The van der Waals surface area contributed by atoms with E-state index in [1.54, 1.807) is 24.3 Å². The van der Waals surface area contributed by atoms with Gasteiger partial charge >= 0.3 is 0 Å². The van der Waals surface area contributed by atoms with Crippen molar-refractivity contribution in [3.05, 3.63) is 189 Å². The summed E-state index contributed by atoms with van der Waals surface area (Å²) in [5.41, 5.74) is 16.6. The van der Waals surface area contributed by atoms with Crippen LogP contribution in [0.15, 0.2) is 127 Å². The number of hydrogen-bond donors (Lipinski definition) is 2. The SMILES string of the molecule is Cc1cc(F)cc(-c2cc(C(C)(C)CC(C)(C)C)cc(-n3c4cc(C(C)(C)C)ccc4c4ccc(C(C)(C)C)cc43)c2O)c1CCCCCc1ccc(F)cc1-c1cc(C(C)(C)CC(C)(C)C)cc(-n2c3cc(C(C)(C)C)ccc3c3ccc(C(C)(C)C)cc32)c1O. The third kappa shape index (κ3) is 13.6. The second kappa shape index (κ2) is 23.7. The molecule has 0 aliphatic carbocycles. The highest BCUT2D eigenvalue weighted by Crippen LogP contribution is 2.50. The molecule has 92 heavy (non-hydrogen) atoms. The Morgan fingerprint density at radius 2 is 0.685 bits per heavy atom. The molecule has 0 radical (unpaired) electrons. The maximum atomic E-state index is 16.3. The van der Waals surface area contributed by atoms with Crippen LogP contribution in [0.25, 0.3) is 77.2 Å². The molecule has 0 saturated heterocycles. The van der Waals surface area contributed by atoms with Crippen LogP contribution in [0.5, 0.6) is 11.5 Å². The number of halogens is 2. The Balaban J connectivity index is 1.06. The molecule has 2 aromatic heterocycles. The van der Waals surface area contributed by atoms with Crippen LogP contribution in [0.3, 0.4) is 0 Å². The van der Waals surface area contributed by atoms with Gasteiger partial charge in [-0.05, 0) is 223 Å². The number of benzene rings is 8. The highest BCUT2D eigenvalue weighted by atomic mass is 19.1. The van der Waals surface area contributed by atoms with E-state index in [9.17, 15) is 10.2 Å². The Morgan fingerprint density at radius 1 is 0.337 bits per heavy atom. The third-order valence-electron chi connectivity index (χ3n) is 19.6. The summed E-state index contributed by atoms with van der Waals surface area (Å²) < 4.78 is 37.0. The number of aromatic nitrogens is 2. The van der Waals surface area contributed by atoms with Gasteiger partial charge in [-0.3, -0.25) is 0 Å². The van der Waals surface area contributed by atoms with Crippen molar-refractivity contribution < 1.29 is 19.0 Å². The average molecular weight is 1240 g/mol. The number of aryl methyl sites for hydroxylation is 2. The molecule has 0 spiro atoms. The van der Waals surface area contributed by atoms with Crippen LogP contribution in [0.2, 0.25) is 0 Å².